The summed E-state index contributed by atoms with van der Waals surface area (Å²) in [6.45, 7) is 1.27. The number of nitrogens with zero attached hydrogens (tertiary/aromatic N) is 4. The zero-order valence-electron chi connectivity index (χ0n) is 20.7. The summed E-state index contributed by atoms with van der Waals surface area (Å²) < 4.78 is 17.4. The van der Waals surface area contributed by atoms with Crippen molar-refractivity contribution in [1.82, 2.24) is 9.66 Å². The number of aromatic nitrogens is 2. The minimum atomic E-state index is -0.669. The molecule has 0 aliphatic heterocycles. The maximum absolute atomic E-state index is 13.5. The molecule has 0 amide bonds. The number of halogens is 2. The summed E-state index contributed by atoms with van der Waals surface area (Å²) in [5, 5.41) is 17.7. The molecule has 0 saturated heterocycles. The molecule has 0 saturated carbocycles. The number of nitro benzene ring substituents is 1. The topological polar surface area (TPSA) is 139 Å². The first-order chi connectivity index (χ1) is 19.2. The first-order valence-electron chi connectivity index (χ1n) is 11.8. The molecule has 0 N–H and O–H groups in total. The van der Waals surface area contributed by atoms with Crippen LogP contribution < -0.4 is 10.3 Å². The van der Waals surface area contributed by atoms with E-state index < -0.39 is 28.7 Å². The number of rotatable bonds is 8. The number of furan rings is 1. The molecular weight excluding hydrogens is 608 g/mol. The van der Waals surface area contributed by atoms with E-state index in [0.717, 1.165) is 4.68 Å². The Morgan fingerprint density at radius 2 is 2.02 bits per heavy atom. The second-order valence-corrected chi connectivity index (χ2v) is 9.60. The van der Waals surface area contributed by atoms with Gasteiger partial charge in [-0.1, -0.05) is 23.7 Å². The Morgan fingerprint density at radius 3 is 2.80 bits per heavy atom. The number of hydrogen-bond donors (Lipinski definition) is 0. The van der Waals surface area contributed by atoms with Crippen molar-refractivity contribution >= 4 is 67.3 Å². The molecule has 11 nitrogen and oxygen atoms in total. The van der Waals surface area contributed by atoms with Crippen LogP contribution in [0.2, 0.25) is 5.02 Å². The van der Waals surface area contributed by atoms with Crippen LogP contribution in [0.5, 0.6) is 5.75 Å². The third-order valence-electron chi connectivity index (χ3n) is 5.66. The monoisotopic (exact) mass is 624 g/mol. The highest BCUT2D eigenvalue weighted by molar-refractivity contribution is 9.10. The molecule has 0 atom stereocenters. The van der Waals surface area contributed by atoms with Crippen LogP contribution >= 0.6 is 27.5 Å². The van der Waals surface area contributed by atoms with Crippen LogP contribution in [-0.4, -0.2) is 40.0 Å². The largest absolute Gasteiger partial charge is 0.474 e. The lowest BCUT2D eigenvalue weighted by Gasteiger charge is -2.10. The number of ether oxygens (including phenoxy) is 2. The van der Waals surface area contributed by atoms with E-state index in [2.05, 4.69) is 26.0 Å². The Balaban J connectivity index is 1.60. The maximum atomic E-state index is 13.5. The number of benzene rings is 3. The van der Waals surface area contributed by atoms with Gasteiger partial charge in [-0.05, 0) is 65.3 Å². The fourth-order valence-corrected chi connectivity index (χ4v) is 4.69. The van der Waals surface area contributed by atoms with Gasteiger partial charge in [-0.15, -0.1) is 0 Å². The molecule has 0 fully saturated rings. The summed E-state index contributed by atoms with van der Waals surface area (Å²) in [6, 6.07) is 16.3. The molecule has 0 aliphatic carbocycles. The summed E-state index contributed by atoms with van der Waals surface area (Å²) in [6.07, 6.45) is 1.27. The zero-order valence-corrected chi connectivity index (χ0v) is 23.0. The van der Waals surface area contributed by atoms with Crippen molar-refractivity contribution in [1.29, 1.82) is 0 Å². The molecule has 5 aromatic rings. The molecular formula is C27H18BrClN4O7. The van der Waals surface area contributed by atoms with Crippen LogP contribution in [0.4, 0.5) is 5.69 Å². The van der Waals surface area contributed by atoms with Crippen LogP contribution in [-0.2, 0) is 9.53 Å². The van der Waals surface area contributed by atoms with E-state index >= 15 is 0 Å². The Morgan fingerprint density at radius 1 is 1.23 bits per heavy atom. The SMILES string of the molecule is CCOC(=O)COc1c(Br)cc(C=Nn2c(-c3cc4cc(Cl)ccc4o3)nc3ccccc3c2=O)cc1[N+](=O)[O-]. The van der Waals surface area contributed by atoms with E-state index in [-0.39, 0.29) is 34.0 Å². The van der Waals surface area contributed by atoms with Gasteiger partial charge in [-0.2, -0.15) is 9.78 Å². The van der Waals surface area contributed by atoms with Crippen LogP contribution in [0, 0.1) is 10.1 Å². The highest BCUT2D eigenvalue weighted by Crippen LogP contribution is 2.36. The van der Waals surface area contributed by atoms with Crippen LogP contribution in [0.15, 0.2) is 79.4 Å². The van der Waals surface area contributed by atoms with Crippen molar-refractivity contribution in [2.24, 2.45) is 5.10 Å². The Labute approximate surface area is 238 Å². The molecule has 0 radical (unpaired) electrons. The van der Waals surface area contributed by atoms with Gasteiger partial charge in [0.15, 0.2) is 12.4 Å². The Bertz CT molecular complexity index is 1880. The zero-order chi connectivity index (χ0) is 28.4. The lowest BCUT2D eigenvalue weighted by Crippen LogP contribution is -2.20. The number of hydrogen-bond acceptors (Lipinski definition) is 9. The van der Waals surface area contributed by atoms with Gasteiger partial charge in [0.25, 0.3) is 5.56 Å². The fraction of sp³-hybridized carbons (Fsp3) is 0.111. The van der Waals surface area contributed by atoms with Crippen molar-refractivity contribution in [3.05, 3.63) is 96.2 Å². The van der Waals surface area contributed by atoms with Gasteiger partial charge in [0.05, 0.1) is 33.1 Å². The fourth-order valence-electron chi connectivity index (χ4n) is 3.93. The van der Waals surface area contributed by atoms with Crippen LogP contribution in [0.3, 0.4) is 0 Å². The molecule has 40 heavy (non-hydrogen) atoms. The smallest absolute Gasteiger partial charge is 0.344 e. The molecule has 0 aliphatic rings. The average Bonchev–Trinajstić information content (AvgIpc) is 3.34. The Hall–Kier alpha value is -4.55. The highest BCUT2D eigenvalue weighted by atomic mass is 79.9. The molecule has 0 spiro atoms. The van der Waals surface area contributed by atoms with Gasteiger partial charge < -0.3 is 13.9 Å². The van der Waals surface area contributed by atoms with Gasteiger partial charge in [0, 0.05) is 22.0 Å². The number of para-hydroxylation sites is 1. The summed E-state index contributed by atoms with van der Waals surface area (Å²) in [7, 11) is 0. The quantitative estimate of drug-likeness (QED) is 0.0891. The summed E-state index contributed by atoms with van der Waals surface area (Å²) in [5.41, 5.74) is 0.352. The number of fused-ring (bicyclic) bond motifs is 2. The molecule has 5 rings (SSSR count). The molecule has 2 heterocycles. The second kappa shape index (κ2) is 11.3. The van der Waals surface area contributed by atoms with Crippen molar-refractivity contribution in [3.8, 4) is 17.3 Å². The normalized spacial score (nSPS) is 11.4. The first kappa shape index (κ1) is 27.0. The maximum Gasteiger partial charge on any atom is 0.344 e. The number of carbonyl (C=O) groups is 1. The highest BCUT2D eigenvalue weighted by Gasteiger charge is 2.22. The van der Waals surface area contributed by atoms with E-state index in [1.54, 1.807) is 55.5 Å². The lowest BCUT2D eigenvalue weighted by atomic mass is 10.2. The van der Waals surface area contributed by atoms with Crippen LogP contribution in [0.25, 0.3) is 33.5 Å². The van der Waals surface area contributed by atoms with E-state index in [1.807, 2.05) is 0 Å². The van der Waals surface area contributed by atoms with E-state index in [4.69, 9.17) is 25.5 Å². The minimum Gasteiger partial charge on any atom is -0.474 e. The lowest BCUT2D eigenvalue weighted by molar-refractivity contribution is -0.385. The third-order valence-corrected chi connectivity index (χ3v) is 6.48. The molecule has 2 aromatic heterocycles. The predicted octanol–water partition coefficient (Wildman–Crippen LogP) is 5.96. The molecule has 0 bridgehead atoms. The first-order valence-corrected chi connectivity index (χ1v) is 12.9. The standard InChI is InChI=1S/C27H18BrClN4O7/c1-2-38-24(34)14-39-25-19(28)9-15(10-21(25)33(36)37)13-30-32-26(31-20-6-4-3-5-18(20)27(32)35)23-12-16-11-17(29)7-8-22(16)40-23/h3-13H,2,14H2,1H3. The Kier molecular flexibility index (Phi) is 7.63. The molecule has 0 unspecified atom stereocenters. The van der Waals surface area contributed by atoms with Crippen molar-refractivity contribution in [3.63, 3.8) is 0 Å². The average molecular weight is 626 g/mol. The molecule has 3 aromatic carbocycles. The van der Waals surface area contributed by atoms with Crippen LogP contribution in [0.1, 0.15) is 12.5 Å². The molecule has 202 valence electrons. The van der Waals surface area contributed by atoms with Gasteiger partial charge >= 0.3 is 11.7 Å². The van der Waals surface area contributed by atoms with Crippen molar-refractivity contribution in [2.45, 2.75) is 6.92 Å². The number of esters is 1. The van der Waals surface area contributed by atoms with Crippen molar-refractivity contribution in [2.75, 3.05) is 13.2 Å². The number of carbonyl (C=O) groups excluding carboxylic acids is 1. The number of nitro groups is 1. The summed E-state index contributed by atoms with van der Waals surface area (Å²) in [5.74, 6) is -0.429. The van der Waals surface area contributed by atoms with Gasteiger partial charge in [-0.3, -0.25) is 14.9 Å². The van der Waals surface area contributed by atoms with E-state index in [9.17, 15) is 19.7 Å². The van der Waals surface area contributed by atoms with Gasteiger partial charge in [-0.25, -0.2) is 9.78 Å². The third kappa shape index (κ3) is 5.44. The summed E-state index contributed by atoms with van der Waals surface area (Å²) >= 11 is 9.37. The van der Waals surface area contributed by atoms with Gasteiger partial charge in [0.1, 0.15) is 5.58 Å². The van der Waals surface area contributed by atoms with Crippen molar-refractivity contribution < 1.29 is 23.6 Å². The van der Waals surface area contributed by atoms with E-state index in [1.165, 1.54) is 18.3 Å². The van der Waals surface area contributed by atoms with Gasteiger partial charge in [0.2, 0.25) is 11.6 Å². The van der Waals surface area contributed by atoms with E-state index in [0.29, 0.717) is 26.9 Å². The molecule has 13 heteroatoms. The summed E-state index contributed by atoms with van der Waals surface area (Å²) in [4.78, 5) is 40.9. The minimum absolute atomic E-state index is 0.121. The predicted molar refractivity (Wildman–Crippen MR) is 152 cm³/mol. The second-order valence-electron chi connectivity index (χ2n) is 8.31.